The van der Waals surface area contributed by atoms with E-state index in [-0.39, 0.29) is 12.7 Å². The third-order valence-electron chi connectivity index (χ3n) is 5.59. The van der Waals surface area contributed by atoms with Crippen molar-refractivity contribution in [3.63, 3.8) is 0 Å². The molecule has 0 aromatic heterocycles. The lowest BCUT2D eigenvalue weighted by Gasteiger charge is -2.33. The maximum atomic E-state index is 10.1. The molecule has 2 heterocycles. The molecule has 0 saturated carbocycles. The molecule has 2 saturated heterocycles. The minimum atomic E-state index is -0.652. The van der Waals surface area contributed by atoms with Gasteiger partial charge in [-0.1, -0.05) is 24.3 Å². The zero-order valence-electron chi connectivity index (χ0n) is 17.7. The summed E-state index contributed by atoms with van der Waals surface area (Å²) in [5.41, 5.74) is 2.05. The van der Waals surface area contributed by atoms with Gasteiger partial charge in [-0.2, -0.15) is 0 Å². The summed E-state index contributed by atoms with van der Waals surface area (Å²) in [6.07, 6.45) is 0.746. The second-order valence-corrected chi connectivity index (χ2v) is 7.99. The topological polar surface area (TPSA) is 86.6 Å². The number of aliphatic hydroxyl groups is 2. The van der Waals surface area contributed by atoms with Crippen LogP contribution in [-0.4, -0.2) is 61.7 Å². The van der Waals surface area contributed by atoms with E-state index >= 15 is 0 Å². The summed E-state index contributed by atoms with van der Waals surface area (Å²) in [6.45, 7) is 1.24. The molecule has 2 fully saturated rings. The van der Waals surface area contributed by atoms with E-state index in [0.717, 1.165) is 29.9 Å². The molecule has 2 aromatic rings. The molecule has 4 unspecified atom stereocenters. The Morgan fingerprint density at radius 1 is 1.06 bits per heavy atom. The maximum Gasteiger partial charge on any atom is 0.202 e. The third-order valence-corrected chi connectivity index (χ3v) is 5.59. The lowest BCUT2D eigenvalue weighted by molar-refractivity contribution is -0.185. The summed E-state index contributed by atoms with van der Waals surface area (Å²) in [6, 6.07) is 13.8. The Bertz CT molecular complexity index is 832. The molecule has 7 nitrogen and oxygen atoms in total. The summed E-state index contributed by atoms with van der Waals surface area (Å²) >= 11 is 0. The van der Waals surface area contributed by atoms with E-state index in [9.17, 15) is 10.2 Å². The number of benzene rings is 2. The highest BCUT2D eigenvalue weighted by atomic mass is 16.7. The summed E-state index contributed by atoms with van der Waals surface area (Å²) in [7, 11) is 1.60. The highest BCUT2D eigenvalue weighted by molar-refractivity contribution is 5.49. The molecular weight excluding hydrogens is 400 g/mol. The number of hydrogen-bond donors (Lipinski definition) is 2. The Kier molecular flexibility index (Phi) is 7.29. The number of rotatable bonds is 8. The van der Waals surface area contributed by atoms with Crippen molar-refractivity contribution in [1.29, 1.82) is 0 Å². The van der Waals surface area contributed by atoms with Gasteiger partial charge in [0.15, 0.2) is 11.5 Å². The molecular formula is C24H30O7. The van der Waals surface area contributed by atoms with E-state index in [2.05, 4.69) is 0 Å². The van der Waals surface area contributed by atoms with Gasteiger partial charge in [-0.15, -0.1) is 0 Å². The average molecular weight is 430 g/mol. The normalized spacial score (nSPS) is 25.9. The van der Waals surface area contributed by atoms with E-state index in [1.54, 1.807) is 7.11 Å². The monoisotopic (exact) mass is 430 g/mol. The molecule has 168 valence electrons. The first kappa shape index (κ1) is 21.9. The average Bonchev–Trinajstić information content (AvgIpc) is 3.29. The van der Waals surface area contributed by atoms with Crippen LogP contribution in [0.3, 0.4) is 0 Å². The fourth-order valence-electron chi connectivity index (χ4n) is 3.97. The smallest absolute Gasteiger partial charge is 0.202 e. The summed E-state index contributed by atoms with van der Waals surface area (Å²) in [5.74, 6) is 2.02. The van der Waals surface area contributed by atoms with Gasteiger partial charge in [-0.3, -0.25) is 0 Å². The number of hydrogen-bond acceptors (Lipinski definition) is 7. The lowest BCUT2D eigenvalue weighted by atomic mass is 10.0. The van der Waals surface area contributed by atoms with Gasteiger partial charge in [0.1, 0.15) is 11.9 Å². The van der Waals surface area contributed by atoms with Gasteiger partial charge in [-0.25, -0.2) is 0 Å². The molecule has 4 rings (SSSR count). The Hall–Kier alpha value is -2.32. The minimum Gasteiger partial charge on any atom is -0.493 e. The van der Waals surface area contributed by atoms with Crippen molar-refractivity contribution in [2.75, 3.05) is 26.9 Å². The van der Waals surface area contributed by atoms with E-state index in [1.807, 2.05) is 42.5 Å². The van der Waals surface area contributed by atoms with Crippen LogP contribution in [0.1, 0.15) is 30.4 Å². The van der Waals surface area contributed by atoms with E-state index < -0.39 is 18.5 Å². The fraction of sp³-hybridized carbons (Fsp3) is 0.500. The predicted octanol–water partition coefficient (Wildman–Crippen LogP) is 2.69. The zero-order valence-corrected chi connectivity index (χ0v) is 17.7. The van der Waals surface area contributed by atoms with Crippen molar-refractivity contribution >= 4 is 0 Å². The van der Waals surface area contributed by atoms with Crippen LogP contribution in [0.25, 0.3) is 0 Å². The molecule has 0 aliphatic carbocycles. The third kappa shape index (κ3) is 5.68. The van der Waals surface area contributed by atoms with Gasteiger partial charge >= 0.3 is 0 Å². The van der Waals surface area contributed by atoms with Crippen LogP contribution in [0, 0.1) is 0 Å². The summed E-state index contributed by atoms with van der Waals surface area (Å²) in [4.78, 5) is 0. The van der Waals surface area contributed by atoms with Crippen molar-refractivity contribution in [1.82, 2.24) is 0 Å². The Morgan fingerprint density at radius 3 is 2.61 bits per heavy atom. The largest absolute Gasteiger partial charge is 0.493 e. The predicted molar refractivity (Wildman–Crippen MR) is 114 cm³/mol. The highest BCUT2D eigenvalue weighted by Gasteiger charge is 2.30. The number of aliphatic hydroxyl groups excluding tert-OH is 2. The first-order valence-electron chi connectivity index (χ1n) is 10.7. The van der Waals surface area contributed by atoms with Crippen LogP contribution in [0.15, 0.2) is 42.5 Å². The molecule has 0 spiro atoms. The van der Waals surface area contributed by atoms with Crippen molar-refractivity contribution in [2.45, 2.75) is 50.3 Å². The van der Waals surface area contributed by atoms with E-state index in [0.29, 0.717) is 37.4 Å². The molecule has 2 N–H and O–H groups in total. The van der Waals surface area contributed by atoms with Crippen LogP contribution in [0.2, 0.25) is 0 Å². The van der Waals surface area contributed by atoms with Crippen LogP contribution in [0.4, 0.5) is 0 Å². The molecule has 4 atom stereocenters. The van der Waals surface area contributed by atoms with Crippen molar-refractivity contribution in [3.05, 3.63) is 53.6 Å². The first-order chi connectivity index (χ1) is 15.1. The number of ether oxygens (including phenoxy) is 5. The molecule has 0 amide bonds. The standard InChI is InChI=1S/C24H30O7/c1-27-22-4-2-3-17(24(22)31-23-13-18(26)12-21(14-25)30-23)11-16-5-7-19(8-6-16)29-20-9-10-28-15-20/h2-8,18,20-21,23,25-26H,9-15H2,1H3. The lowest BCUT2D eigenvalue weighted by Crippen LogP contribution is -2.40. The van der Waals surface area contributed by atoms with Gasteiger partial charge in [-0.05, 0) is 23.8 Å². The quantitative estimate of drug-likeness (QED) is 0.666. The number of para-hydroxylation sites is 1. The van der Waals surface area contributed by atoms with Crippen molar-refractivity contribution in [2.24, 2.45) is 0 Å². The van der Waals surface area contributed by atoms with E-state index in [1.165, 1.54) is 0 Å². The van der Waals surface area contributed by atoms with Gasteiger partial charge in [0.2, 0.25) is 6.29 Å². The van der Waals surface area contributed by atoms with Crippen LogP contribution in [0.5, 0.6) is 17.2 Å². The molecule has 0 bridgehead atoms. The highest BCUT2D eigenvalue weighted by Crippen LogP contribution is 2.35. The molecule has 31 heavy (non-hydrogen) atoms. The van der Waals surface area contributed by atoms with Crippen molar-refractivity contribution in [3.8, 4) is 17.2 Å². The number of methoxy groups -OCH3 is 1. The molecule has 2 aromatic carbocycles. The summed E-state index contributed by atoms with van der Waals surface area (Å²) in [5, 5.41) is 19.5. The molecule has 0 radical (unpaired) electrons. The Labute approximate surface area is 182 Å². The maximum absolute atomic E-state index is 10.1. The Morgan fingerprint density at radius 2 is 1.90 bits per heavy atom. The minimum absolute atomic E-state index is 0.123. The van der Waals surface area contributed by atoms with Crippen molar-refractivity contribution < 1.29 is 33.9 Å². The Balaban J connectivity index is 1.48. The SMILES string of the molecule is COc1cccc(Cc2ccc(OC3CCOC3)cc2)c1OC1CC(O)CC(CO)O1. The van der Waals surface area contributed by atoms with E-state index in [4.69, 9.17) is 23.7 Å². The molecule has 2 aliphatic heterocycles. The van der Waals surface area contributed by atoms with Gasteiger partial charge in [0.25, 0.3) is 0 Å². The molecule has 7 heteroatoms. The van der Waals surface area contributed by atoms with Crippen LogP contribution >= 0.6 is 0 Å². The molecule has 2 aliphatic rings. The summed E-state index contributed by atoms with van der Waals surface area (Å²) < 4.78 is 28.7. The van der Waals surface area contributed by atoms with Crippen LogP contribution < -0.4 is 14.2 Å². The van der Waals surface area contributed by atoms with Gasteiger partial charge < -0.3 is 33.9 Å². The van der Waals surface area contributed by atoms with Crippen LogP contribution in [-0.2, 0) is 15.9 Å². The first-order valence-corrected chi connectivity index (χ1v) is 10.7. The fourth-order valence-corrected chi connectivity index (χ4v) is 3.97. The zero-order chi connectivity index (χ0) is 21.6. The second kappa shape index (κ2) is 10.3. The van der Waals surface area contributed by atoms with Gasteiger partial charge in [0, 0.05) is 31.2 Å². The second-order valence-electron chi connectivity index (χ2n) is 7.99. The van der Waals surface area contributed by atoms with Gasteiger partial charge in [0.05, 0.1) is 39.1 Å².